The van der Waals surface area contributed by atoms with Crippen LogP contribution in [-0.4, -0.2) is 32.0 Å². The Bertz CT molecular complexity index is 1440. The van der Waals surface area contributed by atoms with Crippen molar-refractivity contribution in [2.75, 3.05) is 17.7 Å². The topological polar surface area (TPSA) is 84.7 Å². The number of benzene rings is 2. The standard InChI is InChI=1S/C26H22ClFN4O3Si/c1-29-18-7-8-19(21(28)14-18)25(33)32-24-20(26(34)31-23-9-6-17(27)15-30-23)12-16(13-22(24)35-2)10-11-36(3,4)5/h6-9,12-15H,2-5H3,(H,32,33)(H,30,31,34). The minimum Gasteiger partial charge on any atom is -0.495 e. The number of hydrogen-bond acceptors (Lipinski definition) is 4. The summed E-state index contributed by atoms with van der Waals surface area (Å²) < 4.78 is 19.9. The van der Waals surface area contributed by atoms with Crippen LogP contribution in [0.4, 0.5) is 21.6 Å². The zero-order valence-electron chi connectivity index (χ0n) is 20.0. The van der Waals surface area contributed by atoms with Crippen molar-refractivity contribution >= 4 is 48.7 Å². The molecule has 3 rings (SSSR count). The minimum absolute atomic E-state index is 0.0289. The molecule has 3 aromatic rings. The van der Waals surface area contributed by atoms with Gasteiger partial charge in [-0.25, -0.2) is 14.2 Å². The molecule has 0 aliphatic heterocycles. The summed E-state index contributed by atoms with van der Waals surface area (Å²) in [7, 11) is -0.351. The maximum Gasteiger partial charge on any atom is 0.259 e. The van der Waals surface area contributed by atoms with E-state index >= 15 is 0 Å². The molecule has 1 heterocycles. The number of amides is 2. The molecule has 182 valence electrons. The maximum absolute atomic E-state index is 14.5. The van der Waals surface area contributed by atoms with Crippen molar-refractivity contribution in [1.29, 1.82) is 0 Å². The molecule has 0 aliphatic rings. The second kappa shape index (κ2) is 11.0. The van der Waals surface area contributed by atoms with E-state index in [0.717, 1.165) is 6.07 Å². The SMILES string of the molecule is [C-]#[N+]c1ccc(C(=O)Nc2c(OC)cc(C#C[Si](C)(C)C)cc2C(=O)Nc2ccc(Cl)cn2)c(F)c1. The summed E-state index contributed by atoms with van der Waals surface area (Å²) in [4.78, 5) is 33.4. The van der Waals surface area contributed by atoms with Gasteiger partial charge in [-0.05, 0) is 30.3 Å². The van der Waals surface area contributed by atoms with Crippen molar-refractivity contribution in [2.45, 2.75) is 19.6 Å². The van der Waals surface area contributed by atoms with E-state index in [0.29, 0.717) is 10.6 Å². The molecule has 0 bridgehead atoms. The molecule has 36 heavy (non-hydrogen) atoms. The van der Waals surface area contributed by atoms with Crippen LogP contribution in [-0.2, 0) is 0 Å². The summed E-state index contributed by atoms with van der Waals surface area (Å²) in [6.45, 7) is 13.2. The molecule has 0 atom stereocenters. The number of carbonyl (C=O) groups is 2. The van der Waals surface area contributed by atoms with Crippen LogP contribution >= 0.6 is 11.6 Å². The molecule has 0 saturated heterocycles. The Morgan fingerprint density at radius 2 is 1.81 bits per heavy atom. The molecule has 2 aromatic carbocycles. The average molecular weight is 521 g/mol. The van der Waals surface area contributed by atoms with Crippen molar-refractivity contribution in [3.63, 3.8) is 0 Å². The fourth-order valence-corrected chi connectivity index (χ4v) is 3.62. The monoisotopic (exact) mass is 520 g/mol. The molecular weight excluding hydrogens is 499 g/mol. The fourth-order valence-electron chi connectivity index (χ4n) is 2.99. The third-order valence-electron chi connectivity index (χ3n) is 4.68. The number of anilines is 2. The molecular formula is C26H22ClFN4O3Si. The van der Waals surface area contributed by atoms with Crippen LogP contribution in [0.25, 0.3) is 4.85 Å². The zero-order chi connectivity index (χ0) is 26.5. The first-order valence-electron chi connectivity index (χ1n) is 10.7. The molecule has 10 heteroatoms. The second-order valence-electron chi connectivity index (χ2n) is 8.65. The number of pyridine rings is 1. The molecule has 0 spiro atoms. The van der Waals surface area contributed by atoms with E-state index in [9.17, 15) is 14.0 Å². The highest BCUT2D eigenvalue weighted by atomic mass is 35.5. The van der Waals surface area contributed by atoms with E-state index in [1.807, 2.05) is 0 Å². The lowest BCUT2D eigenvalue weighted by molar-refractivity contribution is 0.102. The first-order valence-corrected chi connectivity index (χ1v) is 14.5. The van der Waals surface area contributed by atoms with Crippen LogP contribution < -0.4 is 15.4 Å². The van der Waals surface area contributed by atoms with Gasteiger partial charge < -0.3 is 15.4 Å². The number of aromatic nitrogens is 1. The number of methoxy groups -OCH3 is 1. The number of hydrogen-bond donors (Lipinski definition) is 2. The van der Waals surface area contributed by atoms with Crippen LogP contribution in [0.2, 0.25) is 24.7 Å². The molecule has 0 aliphatic carbocycles. The van der Waals surface area contributed by atoms with E-state index in [-0.39, 0.29) is 34.1 Å². The Balaban J connectivity index is 2.08. The summed E-state index contributed by atoms with van der Waals surface area (Å²) in [5.74, 6) is 1.20. The van der Waals surface area contributed by atoms with Crippen molar-refractivity contribution in [1.82, 2.24) is 4.98 Å². The predicted octanol–water partition coefficient (Wildman–Crippen LogP) is 6.17. The molecule has 7 nitrogen and oxygen atoms in total. The van der Waals surface area contributed by atoms with E-state index in [1.54, 1.807) is 12.1 Å². The normalized spacial score (nSPS) is 10.5. The second-order valence-corrected chi connectivity index (χ2v) is 13.8. The van der Waals surface area contributed by atoms with Gasteiger partial charge in [-0.1, -0.05) is 49.3 Å². The lowest BCUT2D eigenvalue weighted by Gasteiger charge is -2.16. The Morgan fingerprint density at radius 1 is 1.08 bits per heavy atom. The molecule has 2 N–H and O–H groups in total. The van der Waals surface area contributed by atoms with E-state index in [2.05, 4.69) is 51.6 Å². The van der Waals surface area contributed by atoms with Gasteiger partial charge in [0.1, 0.15) is 25.5 Å². The highest BCUT2D eigenvalue weighted by Gasteiger charge is 2.22. The van der Waals surface area contributed by atoms with Crippen LogP contribution in [0.15, 0.2) is 48.7 Å². The van der Waals surface area contributed by atoms with Gasteiger partial charge in [0.25, 0.3) is 11.8 Å². The van der Waals surface area contributed by atoms with Gasteiger partial charge in [-0.2, -0.15) is 0 Å². The molecule has 0 unspecified atom stereocenters. The van der Waals surface area contributed by atoms with Gasteiger partial charge in [-0.3, -0.25) is 9.59 Å². The number of ether oxygens (including phenoxy) is 1. The summed E-state index contributed by atoms with van der Waals surface area (Å²) in [5.41, 5.74) is 3.57. The summed E-state index contributed by atoms with van der Waals surface area (Å²) in [6, 6.07) is 9.71. The molecule has 0 fully saturated rings. The maximum atomic E-state index is 14.5. The first kappa shape index (κ1) is 26.4. The van der Waals surface area contributed by atoms with E-state index in [4.69, 9.17) is 22.9 Å². The number of rotatable bonds is 5. The van der Waals surface area contributed by atoms with Crippen LogP contribution in [0.1, 0.15) is 26.3 Å². The highest BCUT2D eigenvalue weighted by molar-refractivity contribution is 6.83. The quantitative estimate of drug-likeness (QED) is 0.239. The number of nitrogens with zero attached hydrogens (tertiary/aromatic N) is 2. The Morgan fingerprint density at radius 3 is 2.39 bits per heavy atom. The Hall–Kier alpha value is -4.18. The van der Waals surface area contributed by atoms with Crippen molar-refractivity contribution in [2.24, 2.45) is 0 Å². The Labute approximate surface area is 214 Å². The number of nitrogens with one attached hydrogen (secondary N) is 2. The summed E-state index contributed by atoms with van der Waals surface area (Å²) >= 11 is 5.87. The lowest BCUT2D eigenvalue weighted by atomic mass is 10.1. The summed E-state index contributed by atoms with van der Waals surface area (Å²) in [5, 5.41) is 5.63. The number of halogens is 2. The third kappa shape index (κ3) is 6.69. The van der Waals surface area contributed by atoms with Crippen molar-refractivity contribution in [3.8, 4) is 17.2 Å². The Kier molecular flexibility index (Phi) is 8.10. The van der Waals surface area contributed by atoms with Gasteiger partial charge in [0, 0.05) is 11.8 Å². The van der Waals surface area contributed by atoms with E-state index < -0.39 is 25.7 Å². The van der Waals surface area contributed by atoms with E-state index in [1.165, 1.54) is 37.6 Å². The average Bonchev–Trinajstić information content (AvgIpc) is 2.83. The van der Waals surface area contributed by atoms with Gasteiger partial charge in [0.05, 0.1) is 35.5 Å². The largest absolute Gasteiger partial charge is 0.495 e. The van der Waals surface area contributed by atoms with Crippen LogP contribution in [0, 0.1) is 23.9 Å². The van der Waals surface area contributed by atoms with Gasteiger partial charge >= 0.3 is 0 Å². The van der Waals surface area contributed by atoms with Gasteiger partial charge in [-0.15, -0.1) is 5.54 Å². The molecule has 2 amide bonds. The highest BCUT2D eigenvalue weighted by Crippen LogP contribution is 2.32. The third-order valence-corrected chi connectivity index (χ3v) is 5.78. The zero-order valence-corrected chi connectivity index (χ0v) is 21.7. The van der Waals surface area contributed by atoms with Gasteiger partial charge in [0.2, 0.25) is 0 Å². The number of carbonyl (C=O) groups excluding carboxylic acids is 2. The minimum atomic E-state index is -1.73. The molecule has 0 radical (unpaired) electrons. The smallest absolute Gasteiger partial charge is 0.259 e. The van der Waals surface area contributed by atoms with Crippen LogP contribution in [0.5, 0.6) is 5.75 Å². The predicted molar refractivity (Wildman–Crippen MR) is 141 cm³/mol. The van der Waals surface area contributed by atoms with Crippen molar-refractivity contribution < 1.29 is 18.7 Å². The van der Waals surface area contributed by atoms with Crippen LogP contribution in [0.3, 0.4) is 0 Å². The summed E-state index contributed by atoms with van der Waals surface area (Å²) in [6.07, 6.45) is 1.38. The lowest BCUT2D eigenvalue weighted by Crippen LogP contribution is -2.20. The van der Waals surface area contributed by atoms with Crippen molar-refractivity contribution in [3.05, 3.63) is 87.6 Å². The molecule has 0 saturated carbocycles. The molecule has 1 aromatic heterocycles. The van der Waals surface area contributed by atoms with Gasteiger partial charge in [0.15, 0.2) is 5.69 Å². The fraction of sp³-hybridized carbons (Fsp3) is 0.154. The first-order chi connectivity index (χ1) is 17.0.